The van der Waals surface area contributed by atoms with Crippen LogP contribution < -0.4 is 15.0 Å². The predicted octanol–water partition coefficient (Wildman–Crippen LogP) is 1.55. The number of aromatic hydroxyl groups is 2. The first-order valence-corrected chi connectivity index (χ1v) is 6.04. The second kappa shape index (κ2) is 6.01. The van der Waals surface area contributed by atoms with Crippen LogP contribution in [0.1, 0.15) is 5.56 Å². The molecule has 6 heteroatoms. The van der Waals surface area contributed by atoms with E-state index in [1.165, 1.54) is 12.3 Å². The average molecular weight is 277 g/mol. The highest BCUT2D eigenvalue weighted by atomic mass is 16.6. The second-order valence-electron chi connectivity index (χ2n) is 4.17. The van der Waals surface area contributed by atoms with Gasteiger partial charge >= 0.3 is 0 Å². The Morgan fingerprint density at radius 3 is 2.55 bits per heavy atom. The molecule has 6 nitrogen and oxygen atoms in total. The number of ether oxygens (including phenoxy) is 2. The highest BCUT2D eigenvalue weighted by Gasteiger charge is 2.13. The van der Waals surface area contributed by atoms with Gasteiger partial charge in [0.1, 0.15) is 19.0 Å². The van der Waals surface area contributed by atoms with Gasteiger partial charge in [0.15, 0.2) is 11.5 Å². The third kappa shape index (κ3) is 3.23. The number of fused-ring (bicyclic) bond motifs is 1. The van der Waals surface area contributed by atoms with Gasteiger partial charge in [0, 0.05) is 12.3 Å². The molecule has 0 saturated carbocycles. The van der Waals surface area contributed by atoms with Crippen LogP contribution in [-0.2, 0) is 0 Å². The van der Waals surface area contributed by atoms with E-state index in [0.29, 0.717) is 30.3 Å². The number of hydrogen-bond donors (Lipinski definition) is 3. The summed E-state index contributed by atoms with van der Waals surface area (Å²) < 4.78 is 10.4. The molecule has 1 aromatic heterocycles. The molecule has 106 valence electrons. The molecule has 1 aliphatic heterocycles. The number of aromatic nitrogens is 1. The van der Waals surface area contributed by atoms with Crippen molar-refractivity contribution >= 4 is 0 Å². The number of phenols is 1. The summed E-state index contributed by atoms with van der Waals surface area (Å²) in [7, 11) is 0. The van der Waals surface area contributed by atoms with Crippen LogP contribution in [-0.4, -0.2) is 28.4 Å². The minimum absolute atomic E-state index is 0.120. The Kier molecular flexibility index (Phi) is 4.14. The molecular weight excluding hydrogens is 262 g/mol. The van der Waals surface area contributed by atoms with Crippen molar-refractivity contribution in [2.75, 3.05) is 13.2 Å². The molecule has 0 radical (unpaired) electrons. The number of benzene rings is 1. The zero-order valence-corrected chi connectivity index (χ0v) is 10.9. The number of rotatable bonds is 0. The molecule has 0 bridgehead atoms. The highest BCUT2D eigenvalue weighted by Crippen LogP contribution is 2.37. The first kappa shape index (κ1) is 13.8. The van der Waals surface area contributed by atoms with Crippen LogP contribution in [0.5, 0.6) is 23.0 Å². The van der Waals surface area contributed by atoms with Gasteiger partial charge in [0.25, 0.3) is 0 Å². The molecule has 0 atom stereocenters. The van der Waals surface area contributed by atoms with Crippen LogP contribution in [0, 0.1) is 6.92 Å². The Hall–Kier alpha value is -2.63. The third-order valence-corrected chi connectivity index (χ3v) is 2.65. The van der Waals surface area contributed by atoms with Crippen molar-refractivity contribution in [3.05, 3.63) is 46.4 Å². The van der Waals surface area contributed by atoms with E-state index in [-0.39, 0.29) is 17.1 Å². The topological polar surface area (TPSA) is 91.8 Å². The molecule has 0 fully saturated rings. The monoisotopic (exact) mass is 277 g/mol. The van der Waals surface area contributed by atoms with E-state index < -0.39 is 0 Å². The SMILES string of the molecule is Cc1cc(=O)[nH]cc1O.Oc1cccc2c1OCCO2. The van der Waals surface area contributed by atoms with Crippen LogP contribution >= 0.6 is 0 Å². The fourth-order valence-electron chi connectivity index (χ4n) is 1.62. The maximum Gasteiger partial charge on any atom is 0.248 e. The summed E-state index contributed by atoms with van der Waals surface area (Å²) in [4.78, 5) is 12.8. The minimum atomic E-state index is -0.190. The number of phenolic OH excluding ortho intramolecular Hbond substituents is 1. The molecule has 1 aliphatic rings. The molecule has 1 aromatic carbocycles. The first-order chi connectivity index (χ1) is 9.58. The van der Waals surface area contributed by atoms with Crippen LogP contribution in [0.3, 0.4) is 0 Å². The quantitative estimate of drug-likeness (QED) is 0.679. The van der Waals surface area contributed by atoms with Crippen molar-refractivity contribution < 1.29 is 19.7 Å². The standard InChI is InChI=1S/C8H8O3.C6H7NO2/c9-6-2-1-3-7-8(6)11-5-4-10-7;1-4-2-6(9)7-3-5(4)8/h1-3,9H,4-5H2;2-3,8H,1H3,(H,7,9). The summed E-state index contributed by atoms with van der Waals surface area (Å²) in [5.74, 6) is 1.34. The molecule has 0 unspecified atom stereocenters. The maximum absolute atomic E-state index is 10.5. The lowest BCUT2D eigenvalue weighted by Gasteiger charge is -2.18. The van der Waals surface area contributed by atoms with Gasteiger partial charge in [-0.2, -0.15) is 0 Å². The van der Waals surface area contributed by atoms with Gasteiger partial charge in [-0.15, -0.1) is 0 Å². The first-order valence-electron chi connectivity index (χ1n) is 6.04. The number of pyridine rings is 1. The molecular formula is C14H15NO5. The lowest BCUT2D eigenvalue weighted by Crippen LogP contribution is -2.15. The predicted molar refractivity (Wildman–Crippen MR) is 72.6 cm³/mol. The highest BCUT2D eigenvalue weighted by molar-refractivity contribution is 5.50. The molecule has 20 heavy (non-hydrogen) atoms. The van der Waals surface area contributed by atoms with Gasteiger partial charge < -0.3 is 24.7 Å². The Balaban J connectivity index is 0.000000151. The van der Waals surface area contributed by atoms with Crippen molar-refractivity contribution in [2.24, 2.45) is 0 Å². The van der Waals surface area contributed by atoms with Gasteiger partial charge in [-0.05, 0) is 24.6 Å². The van der Waals surface area contributed by atoms with E-state index in [2.05, 4.69) is 4.98 Å². The second-order valence-corrected chi connectivity index (χ2v) is 4.17. The van der Waals surface area contributed by atoms with Crippen molar-refractivity contribution in [2.45, 2.75) is 6.92 Å². The summed E-state index contributed by atoms with van der Waals surface area (Å²) in [6, 6.07) is 6.42. The van der Waals surface area contributed by atoms with Crippen LogP contribution in [0.2, 0.25) is 0 Å². The fourth-order valence-corrected chi connectivity index (χ4v) is 1.62. The lowest BCUT2D eigenvalue weighted by atomic mass is 10.3. The molecule has 2 aromatic rings. The number of para-hydroxylation sites is 1. The number of hydrogen-bond acceptors (Lipinski definition) is 5. The van der Waals surface area contributed by atoms with Crippen LogP contribution in [0.25, 0.3) is 0 Å². The summed E-state index contributed by atoms with van der Waals surface area (Å²) in [6.07, 6.45) is 1.28. The van der Waals surface area contributed by atoms with Gasteiger partial charge in [-0.3, -0.25) is 4.79 Å². The molecule has 0 saturated heterocycles. The smallest absolute Gasteiger partial charge is 0.248 e. The summed E-state index contributed by atoms with van der Waals surface area (Å²) in [6.45, 7) is 2.73. The Labute approximate surface area is 115 Å². The summed E-state index contributed by atoms with van der Waals surface area (Å²) in [5, 5.41) is 18.1. The molecule has 0 spiro atoms. The van der Waals surface area contributed by atoms with Crippen molar-refractivity contribution in [1.82, 2.24) is 4.98 Å². The van der Waals surface area contributed by atoms with Crippen LogP contribution in [0.15, 0.2) is 35.3 Å². The van der Waals surface area contributed by atoms with Gasteiger partial charge in [-0.25, -0.2) is 0 Å². The fraction of sp³-hybridized carbons (Fsp3) is 0.214. The number of aromatic amines is 1. The minimum Gasteiger partial charge on any atom is -0.506 e. The number of nitrogens with one attached hydrogen (secondary N) is 1. The van der Waals surface area contributed by atoms with E-state index >= 15 is 0 Å². The molecule has 3 rings (SSSR count). The van der Waals surface area contributed by atoms with Gasteiger partial charge in [0.2, 0.25) is 11.3 Å². The maximum atomic E-state index is 10.5. The largest absolute Gasteiger partial charge is 0.506 e. The molecule has 2 heterocycles. The molecule has 3 N–H and O–H groups in total. The normalized spacial score (nSPS) is 12.2. The zero-order valence-electron chi connectivity index (χ0n) is 10.9. The van der Waals surface area contributed by atoms with E-state index in [4.69, 9.17) is 14.6 Å². The lowest BCUT2D eigenvalue weighted by molar-refractivity contribution is 0.165. The Morgan fingerprint density at radius 2 is 1.90 bits per heavy atom. The van der Waals surface area contributed by atoms with E-state index in [0.717, 1.165) is 0 Å². The summed E-state index contributed by atoms with van der Waals surface area (Å²) >= 11 is 0. The van der Waals surface area contributed by atoms with Crippen molar-refractivity contribution in [3.63, 3.8) is 0 Å². The van der Waals surface area contributed by atoms with Crippen molar-refractivity contribution in [1.29, 1.82) is 0 Å². The average Bonchev–Trinajstić information content (AvgIpc) is 2.45. The van der Waals surface area contributed by atoms with E-state index in [1.807, 2.05) is 0 Å². The third-order valence-electron chi connectivity index (χ3n) is 2.65. The molecule has 0 amide bonds. The molecule has 0 aliphatic carbocycles. The van der Waals surface area contributed by atoms with Gasteiger partial charge in [-0.1, -0.05) is 6.07 Å². The Bertz CT molecular complexity index is 650. The van der Waals surface area contributed by atoms with Crippen LogP contribution in [0.4, 0.5) is 0 Å². The number of aryl methyl sites for hydroxylation is 1. The van der Waals surface area contributed by atoms with E-state index in [1.54, 1.807) is 25.1 Å². The summed E-state index contributed by atoms with van der Waals surface area (Å²) in [5.41, 5.74) is 0.407. The van der Waals surface area contributed by atoms with Gasteiger partial charge in [0.05, 0.1) is 0 Å². The van der Waals surface area contributed by atoms with E-state index in [9.17, 15) is 9.90 Å². The van der Waals surface area contributed by atoms with Crippen molar-refractivity contribution in [3.8, 4) is 23.0 Å². The zero-order chi connectivity index (χ0) is 14.5. The Morgan fingerprint density at radius 1 is 1.15 bits per heavy atom. The number of H-pyrrole nitrogens is 1.